The number of rotatable bonds is 6. The number of hydrogen-bond donors (Lipinski definition) is 6. The lowest BCUT2D eigenvalue weighted by atomic mass is 10.3. The second kappa shape index (κ2) is 6.05. The SMILES string of the molecule is O=P(O)(O)Oc1ccc(OP(=O)(O)O)c(OP(=O)(O)O)c1. The highest BCUT2D eigenvalue weighted by atomic mass is 31.2. The zero-order valence-corrected chi connectivity index (χ0v) is 12.4. The summed E-state index contributed by atoms with van der Waals surface area (Å²) in [5.41, 5.74) is 0. The minimum absolute atomic E-state index is 0.573. The van der Waals surface area contributed by atoms with E-state index in [9.17, 15) is 13.7 Å². The lowest BCUT2D eigenvalue weighted by molar-refractivity contribution is 0.262. The fourth-order valence-corrected chi connectivity index (χ4v) is 2.28. The van der Waals surface area contributed by atoms with Gasteiger partial charge in [-0.3, -0.25) is 29.4 Å². The lowest BCUT2D eigenvalue weighted by Crippen LogP contribution is -1.97. The fraction of sp³-hybridized carbons (Fsp3) is 0. The largest absolute Gasteiger partial charge is 0.524 e. The molecule has 120 valence electrons. The average Bonchev–Trinajstić information content (AvgIpc) is 2.15. The first-order valence-electron chi connectivity index (χ1n) is 4.65. The van der Waals surface area contributed by atoms with E-state index in [1.807, 2.05) is 0 Å². The maximum Gasteiger partial charge on any atom is 0.524 e. The predicted molar refractivity (Wildman–Crippen MR) is 64.5 cm³/mol. The van der Waals surface area contributed by atoms with Gasteiger partial charge in [-0.05, 0) is 12.1 Å². The Morgan fingerprint density at radius 1 is 0.667 bits per heavy atom. The summed E-state index contributed by atoms with van der Waals surface area (Å²) in [5, 5.41) is 0. The summed E-state index contributed by atoms with van der Waals surface area (Å²) in [6, 6.07) is 2.13. The Morgan fingerprint density at radius 3 is 1.52 bits per heavy atom. The number of hydrogen-bond acceptors (Lipinski definition) is 6. The molecule has 0 spiro atoms. The van der Waals surface area contributed by atoms with E-state index >= 15 is 0 Å². The van der Waals surface area contributed by atoms with Crippen molar-refractivity contribution < 1.29 is 56.6 Å². The van der Waals surface area contributed by atoms with Crippen LogP contribution in [0.25, 0.3) is 0 Å². The van der Waals surface area contributed by atoms with Crippen LogP contribution in [-0.2, 0) is 13.7 Å². The van der Waals surface area contributed by atoms with Crippen molar-refractivity contribution in [2.24, 2.45) is 0 Å². The van der Waals surface area contributed by atoms with Crippen LogP contribution >= 0.6 is 23.5 Å². The third-order valence-corrected chi connectivity index (χ3v) is 2.89. The second-order valence-electron chi connectivity index (χ2n) is 3.35. The molecule has 1 aromatic rings. The Labute approximate surface area is 116 Å². The molecule has 0 saturated heterocycles. The quantitative estimate of drug-likeness (QED) is 0.371. The zero-order valence-electron chi connectivity index (χ0n) is 9.71. The molecule has 0 aromatic heterocycles. The molecule has 0 bridgehead atoms. The summed E-state index contributed by atoms with van der Waals surface area (Å²) in [7, 11) is -15.2. The zero-order chi connectivity index (χ0) is 16.5. The van der Waals surface area contributed by atoms with Crippen LogP contribution in [0.5, 0.6) is 17.2 Å². The summed E-state index contributed by atoms with van der Waals surface area (Å²) in [6.45, 7) is 0. The van der Waals surface area contributed by atoms with Crippen LogP contribution in [0.1, 0.15) is 0 Å². The van der Waals surface area contributed by atoms with Crippen molar-refractivity contribution in [2.45, 2.75) is 0 Å². The number of benzene rings is 1. The molecular weight excluding hydrogens is 357 g/mol. The summed E-state index contributed by atoms with van der Waals surface area (Å²) >= 11 is 0. The number of phosphoric acid groups is 3. The molecule has 0 aliphatic heterocycles. The molecule has 0 aliphatic carbocycles. The minimum Gasteiger partial charge on any atom is -0.404 e. The molecular formula is C6H9O12P3. The molecule has 6 N–H and O–H groups in total. The second-order valence-corrected chi connectivity index (χ2v) is 6.85. The summed E-state index contributed by atoms with van der Waals surface area (Å²) in [6.07, 6.45) is 0. The third-order valence-electron chi connectivity index (χ3n) is 1.57. The Balaban J connectivity index is 3.23. The standard InChI is InChI=1S/C6H9O12P3/c7-19(8,9)16-4-1-2-5(17-20(10,11)12)6(3-4)18-21(13,14)15/h1-3H,(H2,7,8,9)(H2,10,11,12)(H2,13,14,15). The molecule has 15 heteroatoms. The molecule has 0 fully saturated rings. The highest BCUT2D eigenvalue weighted by Crippen LogP contribution is 2.49. The van der Waals surface area contributed by atoms with Crippen molar-refractivity contribution in [2.75, 3.05) is 0 Å². The Bertz CT molecular complexity index is 651. The van der Waals surface area contributed by atoms with Gasteiger partial charge < -0.3 is 13.6 Å². The van der Waals surface area contributed by atoms with Gasteiger partial charge in [0.15, 0.2) is 11.5 Å². The van der Waals surface area contributed by atoms with Gasteiger partial charge in [-0.25, -0.2) is 13.7 Å². The van der Waals surface area contributed by atoms with Gasteiger partial charge in [0, 0.05) is 6.07 Å². The van der Waals surface area contributed by atoms with Crippen molar-refractivity contribution in [3.05, 3.63) is 18.2 Å². The van der Waals surface area contributed by atoms with E-state index < -0.39 is 40.7 Å². The fourth-order valence-electron chi connectivity index (χ4n) is 1.09. The summed E-state index contributed by atoms with van der Waals surface area (Å²) in [5.74, 6) is -2.24. The molecule has 0 heterocycles. The van der Waals surface area contributed by atoms with Gasteiger partial charge in [-0.2, -0.15) is 0 Å². The molecule has 0 unspecified atom stereocenters. The topological polar surface area (TPSA) is 200 Å². The molecule has 21 heavy (non-hydrogen) atoms. The van der Waals surface area contributed by atoms with Crippen molar-refractivity contribution in [1.29, 1.82) is 0 Å². The smallest absolute Gasteiger partial charge is 0.404 e. The van der Waals surface area contributed by atoms with Gasteiger partial charge in [0.2, 0.25) is 0 Å². The Hall–Kier alpha value is -0.930. The van der Waals surface area contributed by atoms with E-state index in [0.29, 0.717) is 6.07 Å². The highest BCUT2D eigenvalue weighted by molar-refractivity contribution is 7.47. The first-order valence-corrected chi connectivity index (χ1v) is 9.24. The normalized spacial score (nSPS) is 12.9. The van der Waals surface area contributed by atoms with Gasteiger partial charge in [-0.1, -0.05) is 0 Å². The van der Waals surface area contributed by atoms with Crippen molar-refractivity contribution in [3.63, 3.8) is 0 Å². The maximum atomic E-state index is 10.7. The van der Waals surface area contributed by atoms with Crippen LogP contribution in [0.2, 0.25) is 0 Å². The molecule has 12 nitrogen and oxygen atoms in total. The van der Waals surface area contributed by atoms with Crippen LogP contribution < -0.4 is 13.6 Å². The monoisotopic (exact) mass is 366 g/mol. The summed E-state index contributed by atoms with van der Waals surface area (Å²) in [4.78, 5) is 51.8. The van der Waals surface area contributed by atoms with E-state index in [1.165, 1.54) is 0 Å². The van der Waals surface area contributed by atoms with E-state index in [-0.39, 0.29) is 0 Å². The molecule has 1 rings (SSSR count). The van der Waals surface area contributed by atoms with Crippen LogP contribution in [0.4, 0.5) is 0 Å². The lowest BCUT2D eigenvalue weighted by Gasteiger charge is -2.15. The van der Waals surface area contributed by atoms with Gasteiger partial charge in [0.05, 0.1) is 0 Å². The van der Waals surface area contributed by atoms with E-state index in [4.69, 9.17) is 29.4 Å². The first kappa shape index (κ1) is 18.1. The van der Waals surface area contributed by atoms with Crippen molar-refractivity contribution in [1.82, 2.24) is 0 Å². The first-order chi connectivity index (χ1) is 9.25. The van der Waals surface area contributed by atoms with E-state index in [1.54, 1.807) is 0 Å². The summed E-state index contributed by atoms with van der Waals surface area (Å²) < 4.78 is 44.4. The predicted octanol–water partition coefficient (Wildman–Crippen LogP) is 0.101. The maximum absolute atomic E-state index is 10.7. The van der Waals surface area contributed by atoms with Crippen LogP contribution in [0.15, 0.2) is 18.2 Å². The molecule has 0 saturated carbocycles. The molecule has 0 radical (unpaired) electrons. The average molecular weight is 366 g/mol. The minimum atomic E-state index is -5.13. The molecule has 1 aromatic carbocycles. The van der Waals surface area contributed by atoms with Gasteiger partial charge in [-0.15, -0.1) is 0 Å². The van der Waals surface area contributed by atoms with Crippen LogP contribution in [0.3, 0.4) is 0 Å². The van der Waals surface area contributed by atoms with Gasteiger partial charge >= 0.3 is 23.5 Å². The molecule has 0 aliphatic rings. The van der Waals surface area contributed by atoms with Gasteiger partial charge in [0.1, 0.15) is 5.75 Å². The van der Waals surface area contributed by atoms with Crippen LogP contribution in [-0.4, -0.2) is 29.4 Å². The highest BCUT2D eigenvalue weighted by Gasteiger charge is 2.26. The Kier molecular flexibility index (Phi) is 5.22. The van der Waals surface area contributed by atoms with E-state index in [2.05, 4.69) is 13.6 Å². The van der Waals surface area contributed by atoms with Crippen LogP contribution in [0, 0.1) is 0 Å². The third kappa shape index (κ3) is 7.58. The van der Waals surface area contributed by atoms with Crippen molar-refractivity contribution >= 4 is 23.5 Å². The van der Waals surface area contributed by atoms with E-state index in [0.717, 1.165) is 12.1 Å². The van der Waals surface area contributed by atoms with Crippen molar-refractivity contribution in [3.8, 4) is 17.2 Å². The van der Waals surface area contributed by atoms with Gasteiger partial charge in [0.25, 0.3) is 0 Å². The molecule has 0 amide bonds. The molecule has 0 atom stereocenters. The Morgan fingerprint density at radius 2 is 1.10 bits per heavy atom. The number of phosphoric ester groups is 3.